The summed E-state index contributed by atoms with van der Waals surface area (Å²) in [6.07, 6.45) is 17.3. The normalized spacial score (nSPS) is 11.6. The lowest BCUT2D eigenvalue weighted by Gasteiger charge is -2.11. The molecule has 0 aliphatic heterocycles. The molecule has 4 N–H and O–H groups in total. The maximum absolute atomic E-state index is 11.4. The van der Waals surface area contributed by atoms with Crippen LogP contribution in [0.1, 0.15) is 28.7 Å². The summed E-state index contributed by atoms with van der Waals surface area (Å²) < 4.78 is 31.5. The molecule has 16 rings (SSSR count). The van der Waals surface area contributed by atoms with Crippen LogP contribution in [0.5, 0.6) is 0 Å². The fourth-order valence-corrected chi connectivity index (χ4v) is 15.3. The molecule has 6 heterocycles. The van der Waals surface area contributed by atoms with Gasteiger partial charge in [-0.2, -0.15) is 0 Å². The first-order valence-corrected chi connectivity index (χ1v) is 40.4. The third-order valence-electron chi connectivity index (χ3n) is 20.0. The summed E-state index contributed by atoms with van der Waals surface area (Å²) in [5, 5.41) is 0. The minimum absolute atomic E-state index is 0.259. The van der Waals surface area contributed by atoms with Gasteiger partial charge >= 0.3 is 15.2 Å². The van der Waals surface area contributed by atoms with Gasteiger partial charge in [0.2, 0.25) is 0 Å². The molecule has 10 aromatic carbocycles. The van der Waals surface area contributed by atoms with Gasteiger partial charge in [0.25, 0.3) is 0 Å². The van der Waals surface area contributed by atoms with Crippen LogP contribution >= 0.6 is 15.2 Å². The quantitative estimate of drug-likeness (QED) is 0.0336. The molecule has 0 unspecified atom stereocenters. The van der Waals surface area contributed by atoms with Gasteiger partial charge in [-0.3, -0.25) is 9.13 Å². The standard InChI is InChI=1S/C95H74N8O6P2/c104-110(105,106)66-70-16-12-68(13-17-70)64-102-58-48-82(49-59-102)76-24-20-72(21-25-76)74-28-36-84(37-29-74)90-62-92(98-94(96-90)88-8-3-1-4-9-88)86-40-32-78(33-41-86)80-44-54-100(55-45-80)52-7-53-101-56-46-81(47-57-101)79-34-42-87(43-35-79)93-63-91(97-95(99-93)89-10-5-2-6-11-89)85-38-30-75(31-39-85)73-22-26-77(27-23-73)83-50-60-103(61-51-83)65-69-14-18-71(19-15-69)67-111(107,108)109/h1-6,8-51,54-63H,7,52-53,64-67H2/p+4. The minimum Gasteiger partial charge on any atom is -0.324 e. The first kappa shape index (κ1) is 72.5. The van der Waals surface area contributed by atoms with Gasteiger partial charge in [-0.25, -0.2) is 38.2 Å². The highest BCUT2D eigenvalue weighted by Crippen LogP contribution is 2.41. The van der Waals surface area contributed by atoms with Crippen LogP contribution in [0.2, 0.25) is 0 Å². The number of nitrogens with zero attached hydrogens (tertiary/aromatic N) is 8. The van der Waals surface area contributed by atoms with Gasteiger partial charge in [0.1, 0.15) is 0 Å². The van der Waals surface area contributed by atoms with Crippen LogP contribution < -0.4 is 18.3 Å². The predicted molar refractivity (Wildman–Crippen MR) is 437 cm³/mol. The third kappa shape index (κ3) is 18.4. The molecule has 16 heteroatoms. The highest BCUT2D eigenvalue weighted by molar-refractivity contribution is 7.51. The van der Waals surface area contributed by atoms with E-state index in [-0.39, 0.29) is 12.3 Å². The molecule has 0 bridgehead atoms. The van der Waals surface area contributed by atoms with Crippen LogP contribution in [-0.2, 0) is 47.6 Å². The van der Waals surface area contributed by atoms with Gasteiger partial charge in [0.15, 0.2) is 87.4 Å². The Morgan fingerprint density at radius 2 is 0.432 bits per heavy atom. The maximum atomic E-state index is 11.4. The molecule has 540 valence electrons. The number of hydrogen-bond donors (Lipinski definition) is 4. The number of aryl methyl sites for hydroxylation is 2. The van der Waals surface area contributed by atoms with E-state index in [9.17, 15) is 28.7 Å². The fourth-order valence-electron chi connectivity index (χ4n) is 13.9. The molecule has 0 saturated heterocycles. The van der Waals surface area contributed by atoms with Crippen molar-refractivity contribution in [1.29, 1.82) is 0 Å². The molecule has 0 radical (unpaired) electrons. The smallest absolute Gasteiger partial charge is 0.324 e. The first-order chi connectivity index (χ1) is 54.1. The van der Waals surface area contributed by atoms with Crippen LogP contribution in [0.15, 0.2) is 365 Å². The summed E-state index contributed by atoms with van der Waals surface area (Å²) in [7, 11) is -8.22. The van der Waals surface area contributed by atoms with Gasteiger partial charge in [0.05, 0.1) is 41.5 Å². The topological polar surface area (TPSA) is 182 Å². The highest BCUT2D eigenvalue weighted by Gasteiger charge is 2.20. The largest absolute Gasteiger partial charge is 0.329 e. The van der Waals surface area contributed by atoms with Crippen LogP contribution in [0.25, 0.3) is 135 Å². The lowest BCUT2D eigenvalue weighted by Crippen LogP contribution is -2.38. The van der Waals surface area contributed by atoms with Crippen molar-refractivity contribution in [3.8, 4) is 135 Å². The third-order valence-corrected chi connectivity index (χ3v) is 21.5. The zero-order chi connectivity index (χ0) is 75.7. The summed E-state index contributed by atoms with van der Waals surface area (Å²) in [5.74, 6) is 1.33. The van der Waals surface area contributed by atoms with E-state index in [1.165, 1.54) is 0 Å². The van der Waals surface area contributed by atoms with E-state index < -0.39 is 15.2 Å². The van der Waals surface area contributed by atoms with E-state index in [0.717, 1.165) is 154 Å². The zero-order valence-electron chi connectivity index (χ0n) is 60.7. The van der Waals surface area contributed by atoms with Crippen molar-refractivity contribution in [1.82, 2.24) is 19.9 Å². The molecule has 0 spiro atoms. The highest BCUT2D eigenvalue weighted by atomic mass is 31.2. The lowest BCUT2D eigenvalue weighted by atomic mass is 9.99. The van der Waals surface area contributed by atoms with Crippen molar-refractivity contribution in [2.45, 2.75) is 44.9 Å². The van der Waals surface area contributed by atoms with Gasteiger partial charge in [-0.15, -0.1) is 0 Å². The Balaban J connectivity index is 0.524. The molecular weight excluding hydrogens is 1410 g/mol. The van der Waals surface area contributed by atoms with E-state index >= 15 is 0 Å². The Kier molecular flexibility index (Phi) is 21.3. The molecule has 6 aromatic heterocycles. The predicted octanol–water partition coefficient (Wildman–Crippen LogP) is 19.0. The molecule has 0 atom stereocenters. The second kappa shape index (κ2) is 32.6. The molecule has 0 aliphatic carbocycles. The SMILES string of the molecule is O=P(O)(O)Cc1ccc(C[n+]2ccc(-c3ccc(-c4ccc(-c5cc(-c6ccc(-c7cc[n+](CCC[n+]8ccc(-c9ccc(-c%10cc(-c%11ccc(-c%12ccc(-c%13cc[n+](Cc%14ccc(CP(=O)(O)O)cc%14)cc%13)cc%12)cc%11)nc(-c%11ccccc%11)n%10)cc9)cc8)cc7)cc6)nc(-c6ccccc6)n5)cc4)cc3)cc2)cc1. The lowest BCUT2D eigenvalue weighted by molar-refractivity contribution is -0.726. The second-order valence-electron chi connectivity index (χ2n) is 27.9. The number of rotatable bonds is 24. The van der Waals surface area contributed by atoms with E-state index in [1.807, 2.05) is 110 Å². The van der Waals surface area contributed by atoms with Crippen molar-refractivity contribution in [3.63, 3.8) is 0 Å². The van der Waals surface area contributed by atoms with Gasteiger partial charge in [-0.05, 0) is 90.0 Å². The first-order valence-electron chi connectivity index (χ1n) is 36.9. The van der Waals surface area contributed by atoms with E-state index in [2.05, 4.69) is 249 Å². The molecule has 0 amide bonds. The number of benzene rings is 10. The number of pyridine rings is 4. The Bertz CT molecular complexity index is 5610. The molecule has 111 heavy (non-hydrogen) atoms. The Morgan fingerprint density at radius 1 is 0.225 bits per heavy atom. The number of hydrogen-bond acceptors (Lipinski definition) is 6. The zero-order valence-corrected chi connectivity index (χ0v) is 62.5. The van der Waals surface area contributed by atoms with E-state index in [0.29, 0.717) is 35.9 Å². The van der Waals surface area contributed by atoms with Crippen LogP contribution in [-0.4, -0.2) is 39.5 Å². The fraction of sp³-hybridized carbons (Fsp3) is 0.0737. The molecule has 16 aromatic rings. The second-order valence-corrected chi connectivity index (χ2v) is 31.2. The van der Waals surface area contributed by atoms with Gasteiger partial charge in [-0.1, -0.05) is 255 Å². The average Bonchev–Trinajstić information content (AvgIpc) is 0.799. The van der Waals surface area contributed by atoms with Crippen LogP contribution in [0, 0.1) is 0 Å². The molecule has 0 saturated carbocycles. The monoisotopic (exact) mass is 1490 g/mol. The van der Waals surface area contributed by atoms with Crippen LogP contribution in [0.3, 0.4) is 0 Å². The summed E-state index contributed by atoms with van der Waals surface area (Å²) >= 11 is 0. The Labute approximate surface area is 645 Å². The molecule has 0 aliphatic rings. The molecular formula is C95H78N8O6P2+4. The maximum Gasteiger partial charge on any atom is 0.329 e. The number of aromatic nitrogens is 8. The van der Waals surface area contributed by atoms with Crippen molar-refractivity contribution in [3.05, 3.63) is 387 Å². The van der Waals surface area contributed by atoms with Crippen molar-refractivity contribution in [2.24, 2.45) is 0 Å². The van der Waals surface area contributed by atoms with E-state index in [4.69, 9.17) is 19.9 Å². The Morgan fingerprint density at radius 3 is 0.667 bits per heavy atom. The average molecular weight is 1490 g/mol. The molecule has 14 nitrogen and oxygen atoms in total. The summed E-state index contributed by atoms with van der Waals surface area (Å²) in [4.78, 5) is 57.8. The van der Waals surface area contributed by atoms with Crippen molar-refractivity contribution in [2.75, 3.05) is 0 Å². The van der Waals surface area contributed by atoms with Crippen molar-refractivity contribution < 1.29 is 47.0 Å². The molecule has 0 fully saturated rings. The van der Waals surface area contributed by atoms with E-state index in [1.54, 1.807) is 24.3 Å². The minimum atomic E-state index is -4.11. The van der Waals surface area contributed by atoms with Crippen LogP contribution in [0.4, 0.5) is 0 Å². The Hall–Kier alpha value is -12.7. The summed E-state index contributed by atoms with van der Waals surface area (Å²) in [6, 6.07) is 108. The summed E-state index contributed by atoms with van der Waals surface area (Å²) in [6.45, 7) is 3.05. The van der Waals surface area contributed by atoms with Gasteiger partial charge < -0.3 is 19.6 Å². The van der Waals surface area contributed by atoms with Crippen molar-refractivity contribution >= 4 is 15.2 Å². The van der Waals surface area contributed by atoms with Gasteiger partial charge in [0, 0.05) is 93.0 Å². The summed E-state index contributed by atoms with van der Waals surface area (Å²) in [5.41, 5.74) is 26.0.